The first-order valence-electron chi connectivity index (χ1n) is 7.22. The molecular formula is C16H19N3O2. The SMILES string of the molecule is NC(=O)CCn1cnc(-c2ccccc2)c1C1CCOC1. The van der Waals surface area contributed by atoms with Gasteiger partial charge in [-0.05, 0) is 6.42 Å². The molecule has 2 heterocycles. The van der Waals surface area contributed by atoms with Gasteiger partial charge in [0.25, 0.3) is 0 Å². The van der Waals surface area contributed by atoms with Crippen molar-refractivity contribution in [3.8, 4) is 11.3 Å². The minimum Gasteiger partial charge on any atom is -0.381 e. The van der Waals surface area contributed by atoms with E-state index in [4.69, 9.17) is 10.5 Å². The third kappa shape index (κ3) is 2.97. The van der Waals surface area contributed by atoms with Crippen LogP contribution in [0.3, 0.4) is 0 Å². The number of rotatable bonds is 5. The third-order valence-corrected chi connectivity index (χ3v) is 3.84. The fourth-order valence-electron chi connectivity index (χ4n) is 2.80. The molecule has 0 bridgehead atoms. The van der Waals surface area contributed by atoms with Crippen molar-refractivity contribution < 1.29 is 9.53 Å². The van der Waals surface area contributed by atoms with Crippen molar-refractivity contribution in [1.82, 2.24) is 9.55 Å². The molecule has 1 unspecified atom stereocenters. The van der Waals surface area contributed by atoms with Gasteiger partial charge < -0.3 is 15.0 Å². The number of carbonyl (C=O) groups is 1. The first kappa shape index (κ1) is 13.8. The molecule has 0 spiro atoms. The largest absolute Gasteiger partial charge is 0.381 e. The summed E-state index contributed by atoms with van der Waals surface area (Å²) in [5.41, 5.74) is 8.49. The van der Waals surface area contributed by atoms with Crippen LogP contribution in [0.5, 0.6) is 0 Å². The van der Waals surface area contributed by atoms with Gasteiger partial charge in [0, 0.05) is 31.1 Å². The highest BCUT2D eigenvalue weighted by Gasteiger charge is 2.25. The second-order valence-electron chi connectivity index (χ2n) is 5.31. The highest BCUT2D eigenvalue weighted by molar-refractivity contribution is 5.73. The molecule has 0 radical (unpaired) electrons. The van der Waals surface area contributed by atoms with E-state index in [0.29, 0.717) is 25.5 Å². The molecule has 0 saturated carbocycles. The first-order chi connectivity index (χ1) is 10.3. The van der Waals surface area contributed by atoms with Gasteiger partial charge in [-0.15, -0.1) is 0 Å². The molecule has 1 aromatic heterocycles. The Labute approximate surface area is 123 Å². The minimum atomic E-state index is -0.293. The van der Waals surface area contributed by atoms with E-state index < -0.39 is 0 Å². The van der Waals surface area contributed by atoms with E-state index in [1.54, 1.807) is 6.33 Å². The van der Waals surface area contributed by atoms with E-state index in [9.17, 15) is 4.79 Å². The van der Waals surface area contributed by atoms with E-state index >= 15 is 0 Å². The predicted octanol–water partition coefficient (Wildman–Crippen LogP) is 1.93. The molecule has 1 fully saturated rings. The number of carbonyl (C=O) groups excluding carboxylic acids is 1. The third-order valence-electron chi connectivity index (χ3n) is 3.84. The van der Waals surface area contributed by atoms with E-state index in [1.165, 1.54) is 0 Å². The Kier molecular flexibility index (Phi) is 4.01. The van der Waals surface area contributed by atoms with E-state index in [0.717, 1.165) is 30.0 Å². The molecule has 1 atom stereocenters. The average molecular weight is 285 g/mol. The smallest absolute Gasteiger partial charge is 0.219 e. The molecule has 0 aliphatic carbocycles. The number of aromatic nitrogens is 2. The first-order valence-corrected chi connectivity index (χ1v) is 7.22. The lowest BCUT2D eigenvalue weighted by molar-refractivity contribution is -0.118. The number of imidazole rings is 1. The molecule has 1 aliphatic rings. The molecule has 110 valence electrons. The van der Waals surface area contributed by atoms with Crippen LogP contribution in [0.25, 0.3) is 11.3 Å². The van der Waals surface area contributed by atoms with Gasteiger partial charge in [-0.2, -0.15) is 0 Å². The van der Waals surface area contributed by atoms with Crippen LogP contribution in [0, 0.1) is 0 Å². The number of nitrogens with zero attached hydrogens (tertiary/aromatic N) is 2. The van der Waals surface area contributed by atoms with Gasteiger partial charge in [-0.1, -0.05) is 30.3 Å². The number of hydrogen-bond donors (Lipinski definition) is 1. The number of amides is 1. The van der Waals surface area contributed by atoms with Crippen LogP contribution in [-0.4, -0.2) is 28.7 Å². The maximum Gasteiger partial charge on any atom is 0.219 e. The van der Waals surface area contributed by atoms with Gasteiger partial charge in [-0.25, -0.2) is 4.98 Å². The number of primary amides is 1. The van der Waals surface area contributed by atoms with Crippen LogP contribution < -0.4 is 5.73 Å². The molecule has 5 nitrogen and oxygen atoms in total. The van der Waals surface area contributed by atoms with Crippen LogP contribution in [-0.2, 0) is 16.1 Å². The highest BCUT2D eigenvalue weighted by atomic mass is 16.5. The van der Waals surface area contributed by atoms with Crippen LogP contribution >= 0.6 is 0 Å². The number of hydrogen-bond acceptors (Lipinski definition) is 3. The lowest BCUT2D eigenvalue weighted by atomic mass is 9.99. The number of nitrogens with two attached hydrogens (primary N) is 1. The monoisotopic (exact) mass is 285 g/mol. The maximum absolute atomic E-state index is 11.0. The van der Waals surface area contributed by atoms with Crippen molar-refractivity contribution in [2.75, 3.05) is 13.2 Å². The summed E-state index contributed by atoms with van der Waals surface area (Å²) in [6.45, 7) is 2.06. The minimum absolute atomic E-state index is 0.293. The van der Waals surface area contributed by atoms with Gasteiger partial charge in [0.1, 0.15) is 0 Å². The summed E-state index contributed by atoms with van der Waals surface area (Å²) < 4.78 is 7.57. The van der Waals surface area contributed by atoms with Crippen molar-refractivity contribution >= 4 is 5.91 Å². The van der Waals surface area contributed by atoms with Crippen molar-refractivity contribution in [2.24, 2.45) is 5.73 Å². The van der Waals surface area contributed by atoms with Gasteiger partial charge in [-0.3, -0.25) is 4.79 Å². The zero-order valence-electron chi connectivity index (χ0n) is 11.9. The Hall–Kier alpha value is -2.14. The van der Waals surface area contributed by atoms with Crippen LogP contribution in [0.2, 0.25) is 0 Å². The highest BCUT2D eigenvalue weighted by Crippen LogP contribution is 2.33. The molecule has 1 aromatic carbocycles. The number of benzene rings is 1. The summed E-state index contributed by atoms with van der Waals surface area (Å²) in [5, 5.41) is 0. The predicted molar refractivity (Wildman–Crippen MR) is 79.7 cm³/mol. The topological polar surface area (TPSA) is 70.1 Å². The second-order valence-corrected chi connectivity index (χ2v) is 5.31. The molecule has 2 aromatic rings. The molecule has 1 amide bonds. The van der Waals surface area contributed by atoms with Crippen LogP contribution in [0.1, 0.15) is 24.5 Å². The summed E-state index contributed by atoms with van der Waals surface area (Å²) in [4.78, 5) is 15.6. The molecule has 1 aliphatic heterocycles. The lowest BCUT2D eigenvalue weighted by Gasteiger charge is -2.14. The summed E-state index contributed by atoms with van der Waals surface area (Å²) >= 11 is 0. The van der Waals surface area contributed by atoms with Crippen molar-refractivity contribution in [2.45, 2.75) is 25.3 Å². The summed E-state index contributed by atoms with van der Waals surface area (Å²) in [6, 6.07) is 10.1. The Balaban J connectivity index is 1.97. The van der Waals surface area contributed by atoms with E-state index in [1.807, 2.05) is 22.8 Å². The summed E-state index contributed by atoms with van der Waals surface area (Å²) in [6.07, 6.45) is 3.12. The Morgan fingerprint density at radius 2 is 2.19 bits per heavy atom. The van der Waals surface area contributed by atoms with Crippen molar-refractivity contribution in [3.63, 3.8) is 0 Å². The molecule has 2 N–H and O–H groups in total. The molecule has 21 heavy (non-hydrogen) atoms. The van der Waals surface area contributed by atoms with Gasteiger partial charge in [0.05, 0.1) is 24.3 Å². The Bertz CT molecular complexity index is 616. The molecule has 5 heteroatoms. The van der Waals surface area contributed by atoms with Gasteiger partial charge >= 0.3 is 0 Å². The lowest BCUT2D eigenvalue weighted by Crippen LogP contribution is -2.16. The Morgan fingerprint density at radius 3 is 2.86 bits per heavy atom. The zero-order valence-corrected chi connectivity index (χ0v) is 11.9. The fraction of sp³-hybridized carbons (Fsp3) is 0.375. The molecule has 3 rings (SSSR count). The normalized spacial score (nSPS) is 18.0. The number of ether oxygens (including phenoxy) is 1. The molecular weight excluding hydrogens is 266 g/mol. The number of aryl methyl sites for hydroxylation is 1. The van der Waals surface area contributed by atoms with Gasteiger partial charge in [0.15, 0.2) is 0 Å². The second kappa shape index (κ2) is 6.10. The zero-order chi connectivity index (χ0) is 14.7. The quantitative estimate of drug-likeness (QED) is 0.912. The van der Waals surface area contributed by atoms with E-state index in [2.05, 4.69) is 17.1 Å². The van der Waals surface area contributed by atoms with Crippen LogP contribution in [0.15, 0.2) is 36.7 Å². The standard InChI is InChI=1S/C16H19N3O2/c17-14(20)6-8-19-11-18-15(12-4-2-1-3-5-12)16(19)13-7-9-21-10-13/h1-5,11,13H,6-10H2,(H2,17,20). The van der Waals surface area contributed by atoms with Crippen molar-refractivity contribution in [3.05, 3.63) is 42.4 Å². The van der Waals surface area contributed by atoms with Crippen molar-refractivity contribution in [1.29, 1.82) is 0 Å². The van der Waals surface area contributed by atoms with Gasteiger partial charge in [0.2, 0.25) is 5.91 Å². The molecule has 1 saturated heterocycles. The van der Waals surface area contributed by atoms with E-state index in [-0.39, 0.29) is 5.91 Å². The summed E-state index contributed by atoms with van der Waals surface area (Å²) in [5.74, 6) is 0.0363. The average Bonchev–Trinajstić information content (AvgIpc) is 3.15. The fourth-order valence-corrected chi connectivity index (χ4v) is 2.80. The summed E-state index contributed by atoms with van der Waals surface area (Å²) in [7, 11) is 0. The maximum atomic E-state index is 11.0. The Morgan fingerprint density at radius 1 is 1.38 bits per heavy atom. The van der Waals surface area contributed by atoms with Crippen LogP contribution in [0.4, 0.5) is 0 Å².